The number of nitrogens with one attached hydrogen (secondary N) is 1. The predicted molar refractivity (Wildman–Crippen MR) is 85.8 cm³/mol. The smallest absolute Gasteiger partial charge is 0.272 e. The molecule has 2 heterocycles. The van der Waals surface area contributed by atoms with Gasteiger partial charge in [-0.3, -0.25) is 9.59 Å². The molecule has 1 fully saturated rings. The molecule has 120 valence electrons. The molecule has 1 aliphatic heterocycles. The third-order valence-electron chi connectivity index (χ3n) is 3.91. The highest BCUT2D eigenvalue weighted by Crippen LogP contribution is 2.12. The lowest BCUT2D eigenvalue weighted by molar-refractivity contribution is 0.0755. The van der Waals surface area contributed by atoms with Crippen molar-refractivity contribution in [2.24, 2.45) is 0 Å². The van der Waals surface area contributed by atoms with Crippen LogP contribution in [0.25, 0.3) is 0 Å². The first-order chi connectivity index (χ1) is 10.7. The van der Waals surface area contributed by atoms with E-state index in [1.807, 2.05) is 4.90 Å². The minimum Gasteiger partial charge on any atom is -0.351 e. The molecule has 0 saturated carbocycles. The number of carbonyl (C=O) groups excluding carboxylic acids is 2. The van der Waals surface area contributed by atoms with Gasteiger partial charge < -0.3 is 10.2 Å². The number of pyridine rings is 1. The quantitative estimate of drug-likeness (QED) is 0.851. The van der Waals surface area contributed by atoms with Crippen LogP contribution in [0.1, 0.15) is 66.4 Å². The number of hydrogen-bond donors (Lipinski definition) is 1. The van der Waals surface area contributed by atoms with Crippen LogP contribution in [0.5, 0.6) is 0 Å². The fourth-order valence-corrected chi connectivity index (χ4v) is 2.59. The van der Waals surface area contributed by atoms with Crippen molar-refractivity contribution >= 4 is 11.8 Å². The number of hydrogen-bond acceptors (Lipinski definition) is 3. The summed E-state index contributed by atoms with van der Waals surface area (Å²) in [5.41, 5.74) is 0.682. The van der Waals surface area contributed by atoms with Crippen LogP contribution in [0.2, 0.25) is 0 Å². The van der Waals surface area contributed by atoms with E-state index < -0.39 is 0 Å². The number of carbonyl (C=O) groups is 2. The van der Waals surface area contributed by atoms with Crippen molar-refractivity contribution in [1.82, 2.24) is 15.2 Å². The first-order valence-electron chi connectivity index (χ1n) is 8.27. The lowest BCUT2D eigenvalue weighted by Crippen LogP contribution is -2.33. The molecule has 1 aromatic heterocycles. The lowest BCUT2D eigenvalue weighted by atomic mass is 10.2. The van der Waals surface area contributed by atoms with Gasteiger partial charge >= 0.3 is 0 Å². The third kappa shape index (κ3) is 4.55. The minimum absolute atomic E-state index is 0.0647. The molecule has 22 heavy (non-hydrogen) atoms. The Balaban J connectivity index is 2.03. The van der Waals surface area contributed by atoms with Gasteiger partial charge in [0.2, 0.25) is 0 Å². The first kappa shape index (κ1) is 16.5. The molecule has 0 aliphatic carbocycles. The molecule has 0 bridgehead atoms. The summed E-state index contributed by atoms with van der Waals surface area (Å²) in [5.74, 6) is -0.274. The fraction of sp³-hybridized carbons (Fsp3) is 0.588. The first-order valence-corrected chi connectivity index (χ1v) is 8.27. The van der Waals surface area contributed by atoms with Gasteiger partial charge in [-0.2, -0.15) is 0 Å². The second-order valence-electron chi connectivity index (χ2n) is 5.72. The second-order valence-corrected chi connectivity index (χ2v) is 5.72. The third-order valence-corrected chi connectivity index (χ3v) is 3.91. The van der Waals surface area contributed by atoms with E-state index in [-0.39, 0.29) is 11.8 Å². The fourth-order valence-electron chi connectivity index (χ4n) is 2.59. The maximum atomic E-state index is 12.5. The highest BCUT2D eigenvalue weighted by atomic mass is 16.2. The molecule has 5 heteroatoms. The summed E-state index contributed by atoms with van der Waals surface area (Å²) in [4.78, 5) is 30.7. The van der Waals surface area contributed by atoms with Gasteiger partial charge in [-0.1, -0.05) is 32.3 Å². The summed E-state index contributed by atoms with van der Waals surface area (Å²) < 4.78 is 0. The standard InChI is InChI=1S/C17H25N3O2/c1-2-3-11-18-16(21)14-9-8-10-15(19-14)17(22)20-12-6-4-5-7-13-20/h8-10H,2-7,11-13H2,1H3,(H,18,21). The Morgan fingerprint density at radius 1 is 1.14 bits per heavy atom. The largest absolute Gasteiger partial charge is 0.351 e. The molecule has 0 aromatic carbocycles. The van der Waals surface area contributed by atoms with Gasteiger partial charge in [0.05, 0.1) is 0 Å². The molecular formula is C17H25N3O2. The Morgan fingerprint density at radius 2 is 1.82 bits per heavy atom. The highest BCUT2D eigenvalue weighted by Gasteiger charge is 2.19. The summed E-state index contributed by atoms with van der Waals surface area (Å²) in [6, 6.07) is 5.07. The number of aromatic nitrogens is 1. The summed E-state index contributed by atoms with van der Waals surface area (Å²) in [6.07, 6.45) is 6.42. The number of unbranched alkanes of at least 4 members (excludes halogenated alkanes) is 1. The summed E-state index contributed by atoms with van der Waals surface area (Å²) in [6.45, 7) is 4.28. The maximum absolute atomic E-state index is 12.5. The molecule has 2 amide bonds. The Bertz CT molecular complexity index is 508. The van der Waals surface area contributed by atoms with Crippen molar-refractivity contribution in [1.29, 1.82) is 0 Å². The molecule has 1 N–H and O–H groups in total. The molecule has 0 atom stereocenters. The van der Waals surface area contributed by atoms with E-state index in [2.05, 4.69) is 17.2 Å². The number of amides is 2. The van der Waals surface area contributed by atoms with Crippen molar-refractivity contribution < 1.29 is 9.59 Å². The molecular weight excluding hydrogens is 278 g/mol. The van der Waals surface area contributed by atoms with Crippen molar-refractivity contribution in [2.45, 2.75) is 45.4 Å². The van der Waals surface area contributed by atoms with Crippen LogP contribution in [-0.2, 0) is 0 Å². The Hall–Kier alpha value is -1.91. The molecule has 5 nitrogen and oxygen atoms in total. The minimum atomic E-state index is -0.209. The lowest BCUT2D eigenvalue weighted by Gasteiger charge is -2.19. The molecule has 1 saturated heterocycles. The molecule has 1 aromatic rings. The monoisotopic (exact) mass is 303 g/mol. The zero-order valence-corrected chi connectivity index (χ0v) is 13.3. The van der Waals surface area contributed by atoms with Crippen LogP contribution in [0.15, 0.2) is 18.2 Å². The van der Waals surface area contributed by atoms with E-state index in [4.69, 9.17) is 0 Å². The van der Waals surface area contributed by atoms with Crippen molar-refractivity contribution in [2.75, 3.05) is 19.6 Å². The van der Waals surface area contributed by atoms with E-state index in [1.54, 1.807) is 18.2 Å². The zero-order valence-electron chi connectivity index (χ0n) is 13.3. The molecule has 0 spiro atoms. The van der Waals surface area contributed by atoms with E-state index in [0.717, 1.165) is 38.8 Å². The summed E-state index contributed by atoms with van der Waals surface area (Å²) in [7, 11) is 0. The molecule has 0 unspecified atom stereocenters. The van der Waals surface area contributed by atoms with Crippen LogP contribution in [0.4, 0.5) is 0 Å². The van der Waals surface area contributed by atoms with E-state index in [9.17, 15) is 9.59 Å². The average Bonchev–Trinajstić information content (AvgIpc) is 2.83. The summed E-state index contributed by atoms with van der Waals surface area (Å²) in [5, 5.41) is 2.83. The topological polar surface area (TPSA) is 62.3 Å². The van der Waals surface area contributed by atoms with Gasteiger partial charge in [-0.05, 0) is 31.4 Å². The van der Waals surface area contributed by atoms with Gasteiger partial charge in [0.15, 0.2) is 0 Å². The van der Waals surface area contributed by atoms with Gasteiger partial charge in [-0.15, -0.1) is 0 Å². The summed E-state index contributed by atoms with van der Waals surface area (Å²) >= 11 is 0. The van der Waals surface area contributed by atoms with Crippen LogP contribution in [0, 0.1) is 0 Å². The molecule has 2 rings (SSSR count). The average molecular weight is 303 g/mol. The SMILES string of the molecule is CCCCNC(=O)c1cccc(C(=O)N2CCCCCC2)n1. The van der Waals surface area contributed by atoms with E-state index >= 15 is 0 Å². The van der Waals surface area contributed by atoms with Gasteiger partial charge in [0.25, 0.3) is 11.8 Å². The van der Waals surface area contributed by atoms with Crippen LogP contribution in [-0.4, -0.2) is 41.3 Å². The van der Waals surface area contributed by atoms with Gasteiger partial charge in [0, 0.05) is 19.6 Å². The number of rotatable bonds is 5. The van der Waals surface area contributed by atoms with Crippen LogP contribution in [0.3, 0.4) is 0 Å². The maximum Gasteiger partial charge on any atom is 0.272 e. The second kappa shape index (κ2) is 8.51. The Labute approximate surface area is 132 Å². The zero-order chi connectivity index (χ0) is 15.8. The Morgan fingerprint density at radius 3 is 2.50 bits per heavy atom. The molecule has 0 radical (unpaired) electrons. The van der Waals surface area contributed by atoms with E-state index in [1.165, 1.54) is 12.8 Å². The van der Waals surface area contributed by atoms with Crippen molar-refractivity contribution in [3.63, 3.8) is 0 Å². The normalized spacial score (nSPS) is 15.2. The van der Waals surface area contributed by atoms with Crippen molar-refractivity contribution in [3.05, 3.63) is 29.6 Å². The number of likely N-dealkylation sites (tertiary alicyclic amines) is 1. The van der Waals surface area contributed by atoms with Crippen molar-refractivity contribution in [3.8, 4) is 0 Å². The molecule has 1 aliphatic rings. The van der Waals surface area contributed by atoms with Crippen LogP contribution < -0.4 is 5.32 Å². The predicted octanol–water partition coefficient (Wildman–Crippen LogP) is 2.63. The van der Waals surface area contributed by atoms with E-state index in [0.29, 0.717) is 17.9 Å². The van der Waals surface area contributed by atoms with Crippen LogP contribution >= 0.6 is 0 Å². The number of nitrogens with zero attached hydrogens (tertiary/aromatic N) is 2. The van der Waals surface area contributed by atoms with Gasteiger partial charge in [0.1, 0.15) is 11.4 Å². The van der Waals surface area contributed by atoms with Gasteiger partial charge in [-0.25, -0.2) is 4.98 Å². The Kier molecular flexibility index (Phi) is 6.37. The highest BCUT2D eigenvalue weighted by molar-refractivity contribution is 5.96.